The number of carboxylic acids is 2. The van der Waals surface area contributed by atoms with Gasteiger partial charge in [0.05, 0.1) is 23.0 Å². The van der Waals surface area contributed by atoms with Crippen molar-refractivity contribution in [2.45, 2.75) is 23.3 Å². The Bertz CT molecular complexity index is 650. The fraction of sp³-hybridized carbons (Fsp3) is 0.750. The van der Waals surface area contributed by atoms with Gasteiger partial charge in [0.15, 0.2) is 15.4 Å². The quantitative estimate of drug-likeness (QED) is 0.404. The Morgan fingerprint density at radius 2 is 2.00 bits per heavy atom. The summed E-state index contributed by atoms with van der Waals surface area (Å²) in [6.07, 6.45) is 2.12. The minimum absolute atomic E-state index is 0.298. The summed E-state index contributed by atoms with van der Waals surface area (Å²) in [5.74, 6) is -6.43. The zero-order valence-electron chi connectivity index (χ0n) is 12.3. The topological polar surface area (TPSA) is 164 Å². The molecule has 5 atom stereocenters. The van der Waals surface area contributed by atoms with E-state index in [1.165, 1.54) is 11.8 Å². The number of thioether (sulfide) groups is 1. The van der Waals surface area contributed by atoms with Gasteiger partial charge in [-0.05, 0) is 18.4 Å². The highest BCUT2D eigenvalue weighted by Gasteiger charge is 2.79. The number of carbonyl (C=O) groups excluding carboxylic acids is 1. The van der Waals surface area contributed by atoms with Gasteiger partial charge >= 0.3 is 11.9 Å². The zero-order chi connectivity index (χ0) is 17.6. The second kappa shape index (κ2) is 5.95. The molecule has 0 aromatic heterocycles. The van der Waals surface area contributed by atoms with Gasteiger partial charge in [0, 0.05) is 5.92 Å². The van der Waals surface area contributed by atoms with Crippen molar-refractivity contribution in [3.05, 3.63) is 0 Å². The van der Waals surface area contributed by atoms with Crippen molar-refractivity contribution in [3.8, 4) is 0 Å². The summed E-state index contributed by atoms with van der Waals surface area (Å²) < 4.78 is 24.1. The predicted octanol–water partition coefficient (Wildman–Crippen LogP) is -1.87. The van der Waals surface area contributed by atoms with Crippen molar-refractivity contribution in [2.24, 2.45) is 17.6 Å². The fourth-order valence-corrected chi connectivity index (χ4v) is 6.38. The minimum atomic E-state index is -3.91. The Balaban J connectivity index is 2.26. The van der Waals surface area contributed by atoms with Gasteiger partial charge in [-0.15, -0.1) is 0 Å². The van der Waals surface area contributed by atoms with Crippen molar-refractivity contribution < 1.29 is 33.0 Å². The molecule has 2 fully saturated rings. The van der Waals surface area contributed by atoms with Crippen LogP contribution in [0.2, 0.25) is 0 Å². The second-order valence-electron chi connectivity index (χ2n) is 5.82. The number of hydrogen-bond acceptors (Lipinski definition) is 7. The molecule has 1 saturated heterocycles. The van der Waals surface area contributed by atoms with Crippen molar-refractivity contribution in [1.82, 2.24) is 5.32 Å². The minimum Gasteiger partial charge on any atom is -0.481 e. The van der Waals surface area contributed by atoms with Crippen LogP contribution in [0.3, 0.4) is 0 Å². The first kappa shape index (κ1) is 18.0. The Labute approximate surface area is 136 Å². The average molecular weight is 366 g/mol. The molecular weight excluding hydrogens is 348 g/mol. The highest BCUT2D eigenvalue weighted by Crippen LogP contribution is 2.57. The maximum atomic E-state index is 12.1. The normalized spacial score (nSPS) is 35.1. The molecule has 1 aliphatic carbocycles. The molecule has 1 heterocycles. The average Bonchev–Trinajstić information content (AvgIpc) is 3.15. The van der Waals surface area contributed by atoms with Gasteiger partial charge in [0.25, 0.3) is 0 Å². The van der Waals surface area contributed by atoms with Gasteiger partial charge in [-0.2, -0.15) is 11.8 Å². The number of hydrogen-bond donors (Lipinski definition) is 4. The molecule has 1 saturated carbocycles. The molecule has 5 N–H and O–H groups in total. The first-order valence-electron chi connectivity index (χ1n) is 6.83. The number of aliphatic carboxylic acids is 2. The Morgan fingerprint density at radius 3 is 2.43 bits per heavy atom. The third-order valence-electron chi connectivity index (χ3n) is 4.35. The van der Waals surface area contributed by atoms with E-state index in [4.69, 9.17) is 10.8 Å². The van der Waals surface area contributed by atoms with Crippen LogP contribution in [-0.2, 0) is 24.2 Å². The molecule has 9 nitrogen and oxygen atoms in total. The number of carboxylic acid groups (broad SMARTS) is 2. The molecular formula is C12H18N2O7S2. The molecule has 0 aromatic rings. The third-order valence-corrected chi connectivity index (χ3v) is 7.27. The monoisotopic (exact) mass is 366 g/mol. The van der Waals surface area contributed by atoms with Gasteiger partial charge in [-0.25, -0.2) is 13.2 Å². The molecule has 23 heavy (non-hydrogen) atoms. The van der Waals surface area contributed by atoms with E-state index in [1.54, 1.807) is 0 Å². The van der Waals surface area contributed by atoms with Gasteiger partial charge in [-0.1, -0.05) is 0 Å². The number of fused-ring (bicyclic) bond motifs is 1. The number of nitrogens with one attached hydrogen (secondary N) is 1. The molecule has 5 unspecified atom stereocenters. The smallest absolute Gasteiger partial charge is 0.330 e. The summed E-state index contributed by atoms with van der Waals surface area (Å²) in [6, 6.07) is -0.984. The van der Waals surface area contributed by atoms with Crippen LogP contribution in [0.4, 0.5) is 0 Å². The molecule has 1 aliphatic heterocycles. The Hall–Kier alpha value is -1.33. The van der Waals surface area contributed by atoms with E-state index in [-0.39, 0.29) is 0 Å². The predicted molar refractivity (Wildman–Crippen MR) is 81.7 cm³/mol. The van der Waals surface area contributed by atoms with Crippen LogP contribution >= 0.6 is 11.8 Å². The first-order valence-corrected chi connectivity index (χ1v) is 9.93. The van der Waals surface area contributed by atoms with Crippen LogP contribution in [0.5, 0.6) is 0 Å². The maximum Gasteiger partial charge on any atom is 0.330 e. The number of carbonyl (C=O) groups is 3. The lowest BCUT2D eigenvalue weighted by atomic mass is 9.93. The number of nitrogens with two attached hydrogens (primary N) is 1. The molecule has 1 amide bonds. The fourth-order valence-electron chi connectivity index (χ4n) is 3.19. The first-order chi connectivity index (χ1) is 10.6. The highest BCUT2D eigenvalue weighted by atomic mass is 32.2. The molecule has 0 bridgehead atoms. The van der Waals surface area contributed by atoms with E-state index in [1.807, 2.05) is 6.26 Å². The van der Waals surface area contributed by atoms with Crippen LogP contribution < -0.4 is 11.1 Å². The molecule has 0 radical (unpaired) electrons. The van der Waals surface area contributed by atoms with Gasteiger partial charge in [-0.3, -0.25) is 9.59 Å². The summed E-state index contributed by atoms with van der Waals surface area (Å²) in [4.78, 5) is 34.9. The van der Waals surface area contributed by atoms with E-state index in [0.717, 1.165) is 0 Å². The van der Waals surface area contributed by atoms with Crippen LogP contribution in [0.1, 0.15) is 6.42 Å². The molecule has 0 spiro atoms. The van der Waals surface area contributed by atoms with Gasteiger partial charge < -0.3 is 21.3 Å². The van der Waals surface area contributed by atoms with Crippen LogP contribution in [0.15, 0.2) is 0 Å². The van der Waals surface area contributed by atoms with Crippen LogP contribution in [0, 0.1) is 11.8 Å². The molecule has 0 aromatic carbocycles. The lowest BCUT2D eigenvalue weighted by Gasteiger charge is -2.28. The summed E-state index contributed by atoms with van der Waals surface area (Å²) in [5, 5.41) is 19.5. The zero-order valence-corrected chi connectivity index (χ0v) is 13.9. The van der Waals surface area contributed by atoms with E-state index >= 15 is 0 Å². The largest absolute Gasteiger partial charge is 0.481 e. The summed E-state index contributed by atoms with van der Waals surface area (Å²) in [6.45, 7) is 0. The van der Waals surface area contributed by atoms with Gasteiger partial charge in [0.2, 0.25) is 5.91 Å². The molecule has 2 rings (SSSR count). The lowest BCUT2D eigenvalue weighted by molar-refractivity contribution is -0.148. The lowest BCUT2D eigenvalue weighted by Crippen LogP contribution is -2.61. The summed E-state index contributed by atoms with van der Waals surface area (Å²) in [5.41, 5.74) is 3.55. The van der Waals surface area contributed by atoms with Crippen LogP contribution in [-0.4, -0.2) is 71.1 Å². The van der Waals surface area contributed by atoms with E-state index in [9.17, 15) is 27.9 Å². The van der Waals surface area contributed by atoms with Crippen molar-refractivity contribution in [3.63, 3.8) is 0 Å². The van der Waals surface area contributed by atoms with Crippen molar-refractivity contribution >= 4 is 39.4 Å². The SMILES string of the molecule is CSCCC(N)C(=O)NC1(C(=O)O)CS(=O)(=O)C2C(C(=O)O)C21. The maximum absolute atomic E-state index is 12.1. The summed E-state index contributed by atoms with van der Waals surface area (Å²) >= 11 is 1.46. The molecule has 11 heteroatoms. The highest BCUT2D eigenvalue weighted by molar-refractivity contribution is 7.98. The molecule has 2 aliphatic rings. The van der Waals surface area contributed by atoms with Crippen molar-refractivity contribution in [1.29, 1.82) is 0 Å². The molecule has 130 valence electrons. The third kappa shape index (κ3) is 2.92. The second-order valence-corrected chi connectivity index (χ2v) is 8.96. The van der Waals surface area contributed by atoms with E-state index in [2.05, 4.69) is 5.32 Å². The van der Waals surface area contributed by atoms with E-state index < -0.39 is 62.1 Å². The summed E-state index contributed by atoms with van der Waals surface area (Å²) in [7, 11) is -3.91. The standard InChI is InChI=1S/C12H18N2O7S2/c1-22-3-2-5(13)9(15)14-12(11(18)19)4-23(20,21)8-6(7(8)12)10(16)17/h5-8H,2-4,13H2,1H3,(H,14,15)(H,16,17)(H,18,19). The number of amides is 1. The van der Waals surface area contributed by atoms with Gasteiger partial charge in [0.1, 0.15) is 0 Å². The number of rotatable bonds is 7. The Morgan fingerprint density at radius 1 is 1.39 bits per heavy atom. The Kier molecular flexibility index (Phi) is 4.66. The number of sulfone groups is 1. The van der Waals surface area contributed by atoms with Crippen LogP contribution in [0.25, 0.3) is 0 Å². The van der Waals surface area contributed by atoms with E-state index in [0.29, 0.717) is 12.2 Å². The van der Waals surface area contributed by atoms with Crippen molar-refractivity contribution in [2.75, 3.05) is 17.8 Å².